The molecular formula is C15H24N4S2. The van der Waals surface area contributed by atoms with E-state index in [2.05, 4.69) is 56.3 Å². The van der Waals surface area contributed by atoms with Crippen molar-refractivity contribution in [3.8, 4) is 0 Å². The molecule has 4 nitrogen and oxygen atoms in total. The van der Waals surface area contributed by atoms with Crippen LogP contribution in [0.15, 0.2) is 12.4 Å². The second kappa shape index (κ2) is 7.70. The first-order valence-corrected chi connectivity index (χ1v) is 10.1. The van der Waals surface area contributed by atoms with Crippen LogP contribution in [-0.2, 0) is 6.42 Å². The molecule has 0 bridgehead atoms. The SMILES string of the molecule is CCc1cc(N2CCN(C3CSCCSC3)CC2)ncn1. The molecule has 3 rings (SSSR count). The zero-order chi connectivity index (χ0) is 14.5. The smallest absolute Gasteiger partial charge is 0.132 e. The Kier molecular flexibility index (Phi) is 5.66. The highest BCUT2D eigenvalue weighted by Gasteiger charge is 2.25. The van der Waals surface area contributed by atoms with Crippen LogP contribution in [0.25, 0.3) is 0 Å². The monoisotopic (exact) mass is 324 g/mol. The standard InChI is InChI=1S/C15H24N4S2/c1-2-13-9-15(17-12-16-13)19-5-3-18(4-6-19)14-10-20-7-8-21-11-14/h9,12,14H,2-8,10-11H2,1H3. The summed E-state index contributed by atoms with van der Waals surface area (Å²) in [6, 6.07) is 2.91. The Labute approximate surface area is 136 Å². The van der Waals surface area contributed by atoms with Crippen LogP contribution in [0.3, 0.4) is 0 Å². The van der Waals surface area contributed by atoms with Crippen LogP contribution in [0.5, 0.6) is 0 Å². The van der Waals surface area contributed by atoms with Crippen molar-refractivity contribution in [1.29, 1.82) is 0 Å². The number of hydrogen-bond donors (Lipinski definition) is 0. The average molecular weight is 325 g/mol. The van der Waals surface area contributed by atoms with Gasteiger partial charge in [0.15, 0.2) is 0 Å². The van der Waals surface area contributed by atoms with E-state index in [0.717, 1.165) is 50.2 Å². The first-order valence-electron chi connectivity index (χ1n) is 7.82. The number of anilines is 1. The molecule has 0 aromatic carbocycles. The molecule has 2 fully saturated rings. The van der Waals surface area contributed by atoms with Gasteiger partial charge in [0.2, 0.25) is 0 Å². The summed E-state index contributed by atoms with van der Waals surface area (Å²) in [6.07, 6.45) is 2.69. The van der Waals surface area contributed by atoms with Crippen molar-refractivity contribution in [2.24, 2.45) is 0 Å². The third kappa shape index (κ3) is 4.05. The maximum atomic E-state index is 4.45. The summed E-state index contributed by atoms with van der Waals surface area (Å²) in [5.74, 6) is 6.36. The van der Waals surface area contributed by atoms with E-state index in [4.69, 9.17) is 0 Å². The van der Waals surface area contributed by atoms with Crippen LogP contribution in [0.2, 0.25) is 0 Å². The molecule has 2 saturated heterocycles. The maximum Gasteiger partial charge on any atom is 0.132 e. The lowest BCUT2D eigenvalue weighted by molar-refractivity contribution is 0.215. The van der Waals surface area contributed by atoms with Crippen molar-refractivity contribution in [2.45, 2.75) is 19.4 Å². The Morgan fingerprint density at radius 2 is 1.81 bits per heavy atom. The van der Waals surface area contributed by atoms with Crippen LogP contribution in [0, 0.1) is 0 Å². The number of thioether (sulfide) groups is 2. The van der Waals surface area contributed by atoms with E-state index in [1.807, 2.05) is 0 Å². The van der Waals surface area contributed by atoms with E-state index in [1.165, 1.54) is 23.0 Å². The Morgan fingerprint density at radius 3 is 2.48 bits per heavy atom. The van der Waals surface area contributed by atoms with Crippen molar-refractivity contribution in [3.05, 3.63) is 18.1 Å². The quantitative estimate of drug-likeness (QED) is 0.846. The van der Waals surface area contributed by atoms with Crippen molar-refractivity contribution >= 4 is 29.3 Å². The van der Waals surface area contributed by atoms with Gasteiger partial charge in [0.05, 0.1) is 0 Å². The molecule has 3 heterocycles. The molecule has 21 heavy (non-hydrogen) atoms. The fraction of sp³-hybridized carbons (Fsp3) is 0.733. The van der Waals surface area contributed by atoms with Gasteiger partial charge in [0, 0.05) is 67.0 Å². The van der Waals surface area contributed by atoms with Crippen LogP contribution < -0.4 is 4.90 Å². The molecule has 1 aromatic heterocycles. The van der Waals surface area contributed by atoms with Gasteiger partial charge in [-0.05, 0) is 6.42 Å². The largest absolute Gasteiger partial charge is 0.354 e. The predicted octanol–water partition coefficient (Wildman–Crippen LogP) is 2.01. The number of rotatable bonds is 3. The zero-order valence-corrected chi connectivity index (χ0v) is 14.3. The van der Waals surface area contributed by atoms with Crippen molar-refractivity contribution in [1.82, 2.24) is 14.9 Å². The molecule has 0 unspecified atom stereocenters. The molecule has 2 aliphatic heterocycles. The van der Waals surface area contributed by atoms with Crippen LogP contribution >= 0.6 is 23.5 Å². The fourth-order valence-corrected chi connectivity index (χ4v) is 5.51. The Balaban J connectivity index is 1.56. The summed E-state index contributed by atoms with van der Waals surface area (Å²) in [6.45, 7) is 6.65. The molecule has 0 aliphatic carbocycles. The van der Waals surface area contributed by atoms with Crippen LogP contribution in [0.1, 0.15) is 12.6 Å². The molecule has 0 atom stereocenters. The van der Waals surface area contributed by atoms with E-state index in [1.54, 1.807) is 6.33 Å². The predicted molar refractivity (Wildman–Crippen MR) is 93.6 cm³/mol. The zero-order valence-electron chi connectivity index (χ0n) is 12.7. The normalized spacial score (nSPS) is 22.2. The summed E-state index contributed by atoms with van der Waals surface area (Å²) >= 11 is 4.25. The number of hydrogen-bond acceptors (Lipinski definition) is 6. The molecular weight excluding hydrogens is 300 g/mol. The third-order valence-corrected chi connectivity index (χ3v) is 6.70. The first-order chi connectivity index (χ1) is 10.4. The molecule has 2 aliphatic rings. The van der Waals surface area contributed by atoms with Crippen molar-refractivity contribution in [3.63, 3.8) is 0 Å². The third-order valence-electron chi connectivity index (χ3n) is 4.22. The van der Waals surface area contributed by atoms with Crippen LogP contribution in [-0.4, -0.2) is 70.1 Å². The van der Waals surface area contributed by atoms with Gasteiger partial charge in [-0.25, -0.2) is 9.97 Å². The van der Waals surface area contributed by atoms with Gasteiger partial charge in [-0.15, -0.1) is 0 Å². The van der Waals surface area contributed by atoms with Gasteiger partial charge < -0.3 is 4.90 Å². The summed E-state index contributed by atoms with van der Waals surface area (Å²) in [4.78, 5) is 13.8. The lowest BCUT2D eigenvalue weighted by atomic mass is 10.2. The molecule has 116 valence electrons. The topological polar surface area (TPSA) is 32.3 Å². The minimum atomic E-state index is 0.765. The van der Waals surface area contributed by atoms with E-state index in [-0.39, 0.29) is 0 Å². The van der Waals surface area contributed by atoms with Gasteiger partial charge in [-0.2, -0.15) is 23.5 Å². The Morgan fingerprint density at radius 1 is 1.10 bits per heavy atom. The van der Waals surface area contributed by atoms with E-state index < -0.39 is 0 Å². The fourth-order valence-electron chi connectivity index (χ4n) is 2.88. The average Bonchev–Trinajstić information content (AvgIpc) is 2.84. The summed E-state index contributed by atoms with van der Waals surface area (Å²) in [5.41, 5.74) is 1.14. The second-order valence-electron chi connectivity index (χ2n) is 5.55. The summed E-state index contributed by atoms with van der Waals surface area (Å²) in [7, 11) is 0. The van der Waals surface area contributed by atoms with Gasteiger partial charge in [0.1, 0.15) is 12.1 Å². The first kappa shape index (κ1) is 15.4. The van der Waals surface area contributed by atoms with Gasteiger partial charge in [0.25, 0.3) is 0 Å². The lowest BCUT2D eigenvalue weighted by Crippen LogP contribution is -2.52. The van der Waals surface area contributed by atoms with Gasteiger partial charge >= 0.3 is 0 Å². The maximum absolute atomic E-state index is 4.45. The highest BCUT2D eigenvalue weighted by molar-refractivity contribution is 8.03. The molecule has 6 heteroatoms. The highest BCUT2D eigenvalue weighted by Crippen LogP contribution is 2.22. The van der Waals surface area contributed by atoms with Gasteiger partial charge in [-0.1, -0.05) is 6.92 Å². The number of aromatic nitrogens is 2. The minimum absolute atomic E-state index is 0.765. The molecule has 0 spiro atoms. The summed E-state index contributed by atoms with van der Waals surface area (Å²) in [5, 5.41) is 0. The molecule has 0 radical (unpaired) electrons. The van der Waals surface area contributed by atoms with Crippen molar-refractivity contribution < 1.29 is 0 Å². The number of aryl methyl sites for hydroxylation is 1. The molecule has 0 amide bonds. The number of piperazine rings is 1. The minimum Gasteiger partial charge on any atom is -0.354 e. The Bertz CT molecular complexity index is 441. The van der Waals surface area contributed by atoms with Gasteiger partial charge in [-0.3, -0.25) is 4.90 Å². The number of nitrogens with zero attached hydrogens (tertiary/aromatic N) is 4. The summed E-state index contributed by atoms with van der Waals surface area (Å²) < 4.78 is 0. The lowest BCUT2D eigenvalue weighted by Gasteiger charge is -2.39. The van der Waals surface area contributed by atoms with E-state index in [9.17, 15) is 0 Å². The molecule has 0 N–H and O–H groups in total. The Hall–Kier alpha value is -0.460. The second-order valence-corrected chi connectivity index (χ2v) is 7.85. The van der Waals surface area contributed by atoms with E-state index in [0.29, 0.717) is 0 Å². The van der Waals surface area contributed by atoms with Crippen molar-refractivity contribution in [2.75, 3.05) is 54.1 Å². The molecule has 0 saturated carbocycles. The highest BCUT2D eigenvalue weighted by atomic mass is 32.2. The molecule has 1 aromatic rings. The van der Waals surface area contributed by atoms with E-state index >= 15 is 0 Å². The van der Waals surface area contributed by atoms with Crippen LogP contribution in [0.4, 0.5) is 5.82 Å².